The number of alkyl carbamates (subject to hydrolysis) is 1. The molecule has 0 aromatic heterocycles. The molecule has 1 aromatic rings. The van der Waals surface area contributed by atoms with Gasteiger partial charge >= 0.3 is 6.09 Å². The zero-order chi connectivity index (χ0) is 24.3. The van der Waals surface area contributed by atoms with Crippen molar-refractivity contribution in [1.29, 1.82) is 5.26 Å². The highest BCUT2D eigenvalue weighted by atomic mass is 16.6. The van der Waals surface area contributed by atoms with Crippen LogP contribution >= 0.6 is 0 Å². The van der Waals surface area contributed by atoms with E-state index in [1.54, 1.807) is 45.0 Å². The monoisotopic (exact) mass is 440 g/mol. The van der Waals surface area contributed by atoms with Crippen LogP contribution in [0.4, 0.5) is 4.79 Å². The summed E-state index contributed by atoms with van der Waals surface area (Å²) in [5, 5.41) is 14.6. The Morgan fingerprint density at radius 2 is 1.84 bits per heavy atom. The van der Waals surface area contributed by atoms with Crippen LogP contribution in [-0.4, -0.2) is 47.5 Å². The third-order valence-corrected chi connectivity index (χ3v) is 4.41. The molecule has 0 saturated heterocycles. The number of amides is 3. The molecule has 8 heteroatoms. The quantitative estimate of drug-likeness (QED) is 0.453. The van der Waals surface area contributed by atoms with E-state index in [2.05, 4.69) is 16.6 Å². The first-order valence-corrected chi connectivity index (χ1v) is 10.5. The van der Waals surface area contributed by atoms with Gasteiger partial charge in [0.15, 0.2) is 0 Å². The van der Waals surface area contributed by atoms with Gasteiger partial charge in [0.25, 0.3) is 0 Å². The van der Waals surface area contributed by atoms with Gasteiger partial charge in [-0.2, -0.15) is 5.26 Å². The maximum atomic E-state index is 13.2. The molecule has 0 radical (unpaired) electrons. The average Bonchev–Trinajstić information content (AvgIpc) is 2.71. The largest absolute Gasteiger partial charge is 0.444 e. The minimum absolute atomic E-state index is 0.112. The SMILES string of the molecule is C#Cc1ccc(C(C(=O)NC(C)CCC)N(CC#N)C(=O)CNC(=O)OC(C)(C)C)cc1. The molecule has 0 saturated carbocycles. The molecular formula is C24H32N4O4. The van der Waals surface area contributed by atoms with E-state index in [0.717, 1.165) is 17.7 Å². The topological polar surface area (TPSA) is 112 Å². The predicted octanol–water partition coefficient (Wildman–Crippen LogP) is 2.89. The molecule has 172 valence electrons. The van der Waals surface area contributed by atoms with E-state index in [1.807, 2.05) is 19.9 Å². The molecule has 1 rings (SSSR count). The van der Waals surface area contributed by atoms with Crippen molar-refractivity contribution in [1.82, 2.24) is 15.5 Å². The van der Waals surface area contributed by atoms with Crippen molar-refractivity contribution in [3.8, 4) is 18.4 Å². The molecule has 0 bridgehead atoms. The number of carbonyl (C=O) groups is 3. The lowest BCUT2D eigenvalue weighted by molar-refractivity contribution is -0.139. The van der Waals surface area contributed by atoms with Crippen LogP contribution in [-0.2, 0) is 14.3 Å². The van der Waals surface area contributed by atoms with Crippen LogP contribution in [0.1, 0.15) is 64.6 Å². The smallest absolute Gasteiger partial charge is 0.408 e. The Hall–Kier alpha value is -3.52. The van der Waals surface area contributed by atoms with Gasteiger partial charge in [-0.1, -0.05) is 31.4 Å². The van der Waals surface area contributed by atoms with Gasteiger partial charge in [-0.3, -0.25) is 9.59 Å². The first kappa shape index (κ1) is 26.5. The highest BCUT2D eigenvalue weighted by Gasteiger charge is 2.32. The van der Waals surface area contributed by atoms with Gasteiger partial charge in [0.05, 0.1) is 6.07 Å². The van der Waals surface area contributed by atoms with Crippen molar-refractivity contribution in [3.05, 3.63) is 35.4 Å². The minimum atomic E-state index is -1.06. The summed E-state index contributed by atoms with van der Waals surface area (Å²) in [5.74, 6) is 1.49. The number of benzene rings is 1. The molecule has 0 heterocycles. The zero-order valence-corrected chi connectivity index (χ0v) is 19.4. The summed E-state index contributed by atoms with van der Waals surface area (Å²) in [6, 6.07) is 7.40. The van der Waals surface area contributed by atoms with Crippen LogP contribution in [0.15, 0.2) is 24.3 Å². The van der Waals surface area contributed by atoms with Gasteiger partial charge in [-0.15, -0.1) is 6.42 Å². The first-order valence-electron chi connectivity index (χ1n) is 10.5. The Balaban J connectivity index is 3.18. The fraction of sp³-hybridized carbons (Fsp3) is 0.500. The molecular weight excluding hydrogens is 408 g/mol. The summed E-state index contributed by atoms with van der Waals surface area (Å²) in [6.07, 6.45) is 6.29. The van der Waals surface area contributed by atoms with Crippen molar-refractivity contribution in [2.45, 2.75) is 65.1 Å². The number of carbonyl (C=O) groups excluding carboxylic acids is 3. The van der Waals surface area contributed by atoms with Crippen molar-refractivity contribution >= 4 is 17.9 Å². The van der Waals surface area contributed by atoms with E-state index in [0.29, 0.717) is 11.1 Å². The number of ether oxygens (including phenoxy) is 1. The number of nitriles is 1. The van der Waals surface area contributed by atoms with E-state index >= 15 is 0 Å². The minimum Gasteiger partial charge on any atom is -0.444 e. The molecule has 2 atom stereocenters. The molecule has 32 heavy (non-hydrogen) atoms. The molecule has 3 amide bonds. The second kappa shape index (κ2) is 12.4. The summed E-state index contributed by atoms with van der Waals surface area (Å²) in [6.45, 7) is 8.22. The van der Waals surface area contributed by atoms with Crippen molar-refractivity contribution in [2.24, 2.45) is 0 Å². The van der Waals surface area contributed by atoms with Crippen molar-refractivity contribution < 1.29 is 19.1 Å². The van der Waals surface area contributed by atoms with Crippen LogP contribution < -0.4 is 10.6 Å². The molecule has 0 aliphatic rings. The number of nitrogens with one attached hydrogen (secondary N) is 2. The van der Waals surface area contributed by atoms with E-state index in [1.165, 1.54) is 0 Å². The van der Waals surface area contributed by atoms with Crippen LogP contribution in [0.5, 0.6) is 0 Å². The summed E-state index contributed by atoms with van der Waals surface area (Å²) < 4.78 is 5.14. The highest BCUT2D eigenvalue weighted by molar-refractivity contribution is 5.90. The second-order valence-corrected chi connectivity index (χ2v) is 8.40. The van der Waals surface area contributed by atoms with Crippen molar-refractivity contribution in [3.63, 3.8) is 0 Å². The summed E-state index contributed by atoms with van der Waals surface area (Å²) >= 11 is 0. The van der Waals surface area contributed by atoms with Crippen molar-refractivity contribution in [2.75, 3.05) is 13.1 Å². The maximum absolute atomic E-state index is 13.2. The number of hydrogen-bond donors (Lipinski definition) is 2. The standard InChI is InChI=1S/C24H32N4O4/c1-7-9-17(3)27-22(30)21(19-12-10-18(8-2)11-13-19)28(15-14-25)20(29)16-26-23(31)32-24(4,5)6/h2,10-13,17,21H,7,9,15-16H2,1,3-6H3,(H,26,31)(H,27,30). The highest BCUT2D eigenvalue weighted by Crippen LogP contribution is 2.22. The lowest BCUT2D eigenvalue weighted by Gasteiger charge is -2.30. The number of hydrogen-bond acceptors (Lipinski definition) is 5. The van der Waals surface area contributed by atoms with E-state index < -0.39 is 36.1 Å². The number of rotatable bonds is 9. The Labute approximate surface area is 190 Å². The predicted molar refractivity (Wildman–Crippen MR) is 121 cm³/mol. The number of nitrogens with zero attached hydrogens (tertiary/aromatic N) is 2. The summed E-state index contributed by atoms with van der Waals surface area (Å²) in [5.41, 5.74) is 0.402. The van der Waals surface area contributed by atoms with Gasteiger partial charge in [-0.05, 0) is 51.8 Å². The van der Waals surface area contributed by atoms with Crippen LogP contribution in [0, 0.1) is 23.7 Å². The second-order valence-electron chi connectivity index (χ2n) is 8.40. The Kier molecular flexibility index (Phi) is 10.2. The molecule has 0 spiro atoms. The van der Waals surface area contributed by atoms with Crippen LogP contribution in [0.2, 0.25) is 0 Å². The molecule has 0 aliphatic carbocycles. The van der Waals surface area contributed by atoms with Crippen LogP contribution in [0.3, 0.4) is 0 Å². The Morgan fingerprint density at radius 1 is 1.22 bits per heavy atom. The summed E-state index contributed by atoms with van der Waals surface area (Å²) in [7, 11) is 0. The van der Waals surface area contributed by atoms with Gasteiger partial charge in [0, 0.05) is 11.6 Å². The fourth-order valence-electron chi connectivity index (χ4n) is 3.02. The lowest BCUT2D eigenvalue weighted by Crippen LogP contribution is -2.49. The van der Waals surface area contributed by atoms with Gasteiger partial charge in [-0.25, -0.2) is 4.79 Å². The number of terminal acetylenes is 1. The third-order valence-electron chi connectivity index (χ3n) is 4.41. The fourth-order valence-corrected chi connectivity index (χ4v) is 3.02. The van der Waals surface area contributed by atoms with Gasteiger partial charge in [0.1, 0.15) is 24.7 Å². The Bertz CT molecular complexity index is 875. The lowest BCUT2D eigenvalue weighted by atomic mass is 10.0. The molecule has 2 unspecified atom stereocenters. The van der Waals surface area contributed by atoms with E-state index in [4.69, 9.17) is 11.2 Å². The van der Waals surface area contributed by atoms with Gasteiger partial charge < -0.3 is 20.3 Å². The first-order chi connectivity index (χ1) is 15.0. The zero-order valence-electron chi connectivity index (χ0n) is 19.4. The third kappa shape index (κ3) is 8.69. The maximum Gasteiger partial charge on any atom is 0.408 e. The van der Waals surface area contributed by atoms with Crippen LogP contribution in [0.25, 0.3) is 0 Å². The molecule has 0 fully saturated rings. The van der Waals surface area contributed by atoms with Gasteiger partial charge in [0.2, 0.25) is 11.8 Å². The molecule has 0 aliphatic heterocycles. The van der Waals surface area contributed by atoms with E-state index in [9.17, 15) is 19.6 Å². The summed E-state index contributed by atoms with van der Waals surface area (Å²) in [4.78, 5) is 39.2. The molecule has 2 N–H and O–H groups in total. The Morgan fingerprint density at radius 3 is 2.34 bits per heavy atom. The van der Waals surface area contributed by atoms with E-state index in [-0.39, 0.29) is 12.6 Å². The normalized spacial score (nSPS) is 12.5. The molecule has 1 aromatic carbocycles. The molecule has 8 nitrogen and oxygen atoms in total. The average molecular weight is 441 g/mol.